The Balaban J connectivity index is 1.55. The van der Waals surface area contributed by atoms with Gasteiger partial charge in [0.2, 0.25) is 5.91 Å². The second-order valence-electron chi connectivity index (χ2n) is 11.3. The van der Waals surface area contributed by atoms with E-state index in [1.807, 2.05) is 54.6 Å². The monoisotopic (exact) mass is 547 g/mol. The first-order valence-electron chi connectivity index (χ1n) is 13.5. The molecule has 0 saturated heterocycles. The number of anilines is 2. The summed E-state index contributed by atoms with van der Waals surface area (Å²) in [5.74, 6) is 0.380. The maximum absolute atomic E-state index is 14.2. The van der Waals surface area contributed by atoms with E-state index in [9.17, 15) is 19.7 Å². The van der Waals surface area contributed by atoms with E-state index in [-0.39, 0.29) is 29.2 Å². The van der Waals surface area contributed by atoms with Crippen molar-refractivity contribution in [3.05, 3.63) is 124 Å². The van der Waals surface area contributed by atoms with Gasteiger partial charge in [-0.05, 0) is 47.7 Å². The zero-order valence-corrected chi connectivity index (χ0v) is 22.8. The molecule has 8 nitrogen and oxygen atoms in total. The van der Waals surface area contributed by atoms with Crippen LogP contribution in [0.2, 0.25) is 0 Å². The highest BCUT2D eigenvalue weighted by atomic mass is 16.6. The number of furan rings is 1. The summed E-state index contributed by atoms with van der Waals surface area (Å²) in [4.78, 5) is 41.1. The molecule has 0 unspecified atom stereocenters. The molecule has 1 aliphatic carbocycles. The molecule has 0 bridgehead atoms. The maximum Gasteiger partial charge on any atom is 0.280 e. The Bertz CT molecular complexity index is 1700. The number of benzene rings is 3. The third kappa shape index (κ3) is 4.93. The fraction of sp³-hybridized carbons (Fsp3) is 0.212. The van der Waals surface area contributed by atoms with Crippen molar-refractivity contribution >= 4 is 28.8 Å². The first kappa shape index (κ1) is 26.3. The lowest BCUT2D eigenvalue weighted by atomic mass is 9.74. The molecular formula is C33H29N3O5. The number of hydrogen-bond donors (Lipinski definition) is 1. The van der Waals surface area contributed by atoms with Gasteiger partial charge in [0.05, 0.1) is 28.3 Å². The molecule has 2 heterocycles. The highest BCUT2D eigenvalue weighted by Gasteiger charge is 2.44. The molecule has 1 atom stereocenters. The van der Waals surface area contributed by atoms with Crippen molar-refractivity contribution < 1.29 is 18.9 Å². The van der Waals surface area contributed by atoms with Gasteiger partial charge in [0.1, 0.15) is 17.6 Å². The van der Waals surface area contributed by atoms with E-state index in [2.05, 4.69) is 19.2 Å². The summed E-state index contributed by atoms with van der Waals surface area (Å²) in [5.41, 5.74) is 3.38. The lowest BCUT2D eigenvalue weighted by molar-refractivity contribution is -0.384. The molecule has 6 rings (SSSR count). The zero-order valence-electron chi connectivity index (χ0n) is 22.8. The first-order chi connectivity index (χ1) is 19.7. The van der Waals surface area contributed by atoms with Crippen molar-refractivity contribution in [3.63, 3.8) is 0 Å². The molecule has 1 aromatic heterocycles. The smallest absolute Gasteiger partial charge is 0.280 e. The fourth-order valence-electron chi connectivity index (χ4n) is 5.87. The number of nitrogens with zero attached hydrogens (tertiary/aromatic N) is 2. The summed E-state index contributed by atoms with van der Waals surface area (Å²) in [5, 5.41) is 15.2. The number of carbonyl (C=O) groups is 2. The minimum Gasteiger partial charge on any atom is -0.458 e. The predicted octanol–water partition coefficient (Wildman–Crippen LogP) is 7.24. The normalized spacial score (nSPS) is 17.8. The van der Waals surface area contributed by atoms with E-state index in [4.69, 9.17) is 4.42 Å². The number of nitro groups is 1. The summed E-state index contributed by atoms with van der Waals surface area (Å²) in [6.07, 6.45) is 1.04. The summed E-state index contributed by atoms with van der Waals surface area (Å²) >= 11 is 0. The number of hydrogen-bond acceptors (Lipinski definition) is 6. The summed E-state index contributed by atoms with van der Waals surface area (Å²) in [6, 6.07) is 25.8. The molecule has 2 aliphatic rings. The minimum atomic E-state index is -0.863. The maximum atomic E-state index is 14.2. The van der Waals surface area contributed by atoms with Gasteiger partial charge in [-0.15, -0.1) is 0 Å². The fourth-order valence-corrected chi connectivity index (χ4v) is 5.87. The molecular weight excluding hydrogens is 518 g/mol. The van der Waals surface area contributed by atoms with Gasteiger partial charge in [0.25, 0.3) is 5.69 Å². The highest BCUT2D eigenvalue weighted by molar-refractivity contribution is 6.06. The van der Waals surface area contributed by atoms with Gasteiger partial charge in [0.15, 0.2) is 5.78 Å². The number of nitrogens with one attached hydrogen (secondary N) is 1. The number of amides is 1. The Morgan fingerprint density at radius 2 is 1.68 bits per heavy atom. The Kier molecular flexibility index (Phi) is 6.53. The number of Topliss-reactive ketones (excluding diaryl/α,β-unsaturated/α-hetero) is 1. The largest absolute Gasteiger partial charge is 0.458 e. The first-order valence-corrected chi connectivity index (χ1v) is 13.5. The topological polar surface area (TPSA) is 106 Å². The Labute approximate surface area is 237 Å². The third-order valence-corrected chi connectivity index (χ3v) is 7.63. The number of allylic oxidation sites excluding steroid dienone is 1. The van der Waals surface area contributed by atoms with Gasteiger partial charge in [0, 0.05) is 23.8 Å². The van der Waals surface area contributed by atoms with E-state index in [0.717, 1.165) is 16.9 Å². The van der Waals surface area contributed by atoms with Crippen LogP contribution >= 0.6 is 0 Å². The Morgan fingerprint density at radius 1 is 0.976 bits per heavy atom. The molecule has 0 saturated carbocycles. The average Bonchev–Trinajstić information content (AvgIpc) is 3.37. The second-order valence-corrected chi connectivity index (χ2v) is 11.3. The van der Waals surface area contributed by atoms with Crippen LogP contribution in [0.1, 0.15) is 44.1 Å². The van der Waals surface area contributed by atoms with Crippen LogP contribution in [0, 0.1) is 15.5 Å². The van der Waals surface area contributed by atoms with Gasteiger partial charge in [-0.25, -0.2) is 0 Å². The second kappa shape index (κ2) is 10.2. The molecule has 3 aromatic carbocycles. The van der Waals surface area contributed by atoms with Crippen LogP contribution in [0.15, 0.2) is 107 Å². The Morgan fingerprint density at radius 3 is 2.46 bits per heavy atom. The van der Waals surface area contributed by atoms with Crippen LogP contribution < -0.4 is 10.2 Å². The molecule has 0 fully saturated rings. The number of ketones is 1. The SMILES string of the molecule is CC1(C)CC(=O)C2=C(C1)Nc1ccccc1N(C(=O)Cc1ccccc1)[C@@H]2c1ccc(-c2ccccc2[N+](=O)[O-])o1. The van der Waals surface area contributed by atoms with Crippen molar-refractivity contribution in [3.8, 4) is 11.3 Å². The van der Waals surface area contributed by atoms with Crippen molar-refractivity contribution in [1.82, 2.24) is 0 Å². The van der Waals surface area contributed by atoms with Crippen LogP contribution in [0.3, 0.4) is 0 Å². The van der Waals surface area contributed by atoms with Gasteiger partial charge in [-0.3, -0.25) is 24.6 Å². The van der Waals surface area contributed by atoms with Crippen LogP contribution in [0.5, 0.6) is 0 Å². The molecule has 1 aliphatic heterocycles. The molecule has 0 radical (unpaired) electrons. The predicted molar refractivity (Wildman–Crippen MR) is 156 cm³/mol. The van der Waals surface area contributed by atoms with Crippen LogP contribution in [-0.2, 0) is 16.0 Å². The molecule has 1 N–H and O–H groups in total. The molecule has 41 heavy (non-hydrogen) atoms. The summed E-state index contributed by atoms with van der Waals surface area (Å²) in [7, 11) is 0. The van der Waals surface area contributed by atoms with Crippen LogP contribution in [0.25, 0.3) is 11.3 Å². The van der Waals surface area contributed by atoms with Gasteiger partial charge in [-0.1, -0.05) is 68.4 Å². The minimum absolute atomic E-state index is 0.0669. The van der Waals surface area contributed by atoms with Crippen molar-refractivity contribution in [2.75, 3.05) is 10.2 Å². The standard InChI is InChI=1S/C33H29N3O5/c1-33(2)19-24-31(27(37)20-33)32(29-17-16-28(41-29)22-12-6-8-14-25(22)36(39)40)35(26-15-9-7-13-23(26)34-24)30(38)18-21-10-4-3-5-11-21/h3-17,32,34H,18-20H2,1-2H3/t32-/m1/s1. The average molecular weight is 548 g/mol. The quantitative estimate of drug-likeness (QED) is 0.209. The van der Waals surface area contributed by atoms with E-state index in [1.54, 1.807) is 35.2 Å². The van der Waals surface area contributed by atoms with Gasteiger partial charge >= 0.3 is 0 Å². The zero-order chi connectivity index (χ0) is 28.7. The van der Waals surface area contributed by atoms with E-state index in [0.29, 0.717) is 41.2 Å². The van der Waals surface area contributed by atoms with Crippen molar-refractivity contribution in [1.29, 1.82) is 0 Å². The summed E-state index contributed by atoms with van der Waals surface area (Å²) < 4.78 is 6.34. The highest BCUT2D eigenvalue weighted by Crippen LogP contribution is 2.49. The van der Waals surface area contributed by atoms with Crippen LogP contribution in [0.4, 0.5) is 17.1 Å². The van der Waals surface area contributed by atoms with E-state index < -0.39 is 11.0 Å². The third-order valence-electron chi connectivity index (χ3n) is 7.63. The Hall–Kier alpha value is -4.98. The molecule has 1 amide bonds. The van der Waals surface area contributed by atoms with E-state index in [1.165, 1.54) is 6.07 Å². The lowest BCUT2D eigenvalue weighted by Crippen LogP contribution is -2.40. The van der Waals surface area contributed by atoms with E-state index >= 15 is 0 Å². The number of carbonyl (C=O) groups excluding carboxylic acids is 2. The summed E-state index contributed by atoms with van der Waals surface area (Å²) in [6.45, 7) is 4.11. The van der Waals surface area contributed by atoms with Crippen molar-refractivity contribution in [2.45, 2.75) is 39.2 Å². The molecule has 0 spiro atoms. The van der Waals surface area contributed by atoms with Crippen molar-refractivity contribution in [2.24, 2.45) is 5.41 Å². The molecule has 4 aromatic rings. The van der Waals surface area contributed by atoms with Gasteiger partial charge in [-0.2, -0.15) is 0 Å². The lowest BCUT2D eigenvalue weighted by Gasteiger charge is -2.36. The van der Waals surface area contributed by atoms with Crippen LogP contribution in [-0.4, -0.2) is 16.6 Å². The van der Waals surface area contributed by atoms with Gasteiger partial charge < -0.3 is 9.73 Å². The molecule has 206 valence electrons. The number of fused-ring (bicyclic) bond motifs is 1. The number of nitro benzene ring substituents is 1. The number of para-hydroxylation sites is 3. The number of rotatable bonds is 5. The molecule has 8 heteroatoms.